The molecule has 3 aromatic rings. The number of hydrogen-bond acceptors (Lipinski definition) is 9. The van der Waals surface area contributed by atoms with Crippen molar-refractivity contribution >= 4 is 27.5 Å². The zero-order valence-electron chi connectivity index (χ0n) is 28.2. The lowest BCUT2D eigenvalue weighted by Gasteiger charge is -2.36. The summed E-state index contributed by atoms with van der Waals surface area (Å²) in [5.74, 6) is -0.0279. The van der Waals surface area contributed by atoms with Gasteiger partial charge in [0.2, 0.25) is 0 Å². The molecule has 1 aliphatic rings. The summed E-state index contributed by atoms with van der Waals surface area (Å²) in [7, 11) is -0.784. The fraction of sp³-hybridized carbons (Fsp3) is 0.457. The second-order valence-corrected chi connectivity index (χ2v) is 13.9. The van der Waals surface area contributed by atoms with Gasteiger partial charge in [0.15, 0.2) is 0 Å². The molecule has 2 aromatic carbocycles. The van der Waals surface area contributed by atoms with Crippen LogP contribution in [-0.2, 0) is 14.8 Å². The van der Waals surface area contributed by atoms with E-state index in [9.17, 15) is 23.1 Å². The van der Waals surface area contributed by atoms with E-state index in [1.807, 2.05) is 13.8 Å². The molecular weight excluding hydrogens is 636 g/mol. The van der Waals surface area contributed by atoms with Crippen LogP contribution in [0.1, 0.15) is 60.7 Å². The normalized spacial score (nSPS) is 20.1. The van der Waals surface area contributed by atoms with Crippen LogP contribution in [0.2, 0.25) is 0 Å². The van der Waals surface area contributed by atoms with Crippen molar-refractivity contribution in [2.45, 2.75) is 63.2 Å². The Bertz CT molecular complexity index is 1620. The highest BCUT2D eigenvalue weighted by Gasteiger charge is 2.31. The van der Waals surface area contributed by atoms with Gasteiger partial charge >= 0.3 is 0 Å². The second kappa shape index (κ2) is 16.8. The first-order chi connectivity index (χ1) is 22.9. The molecular formula is C35H46N4O8S. The SMILES string of the molecule is COc1ccc(S(=O)(=O)Nc2ccc3c(c2)C(=O)N([C@@H](C)CO)C[C@H](C)[C@@H](CN(C)C(=O)c2ccncc2)OCCCC[C@H](C)O3)cc1. The van der Waals surface area contributed by atoms with Gasteiger partial charge in [0.1, 0.15) is 11.5 Å². The largest absolute Gasteiger partial charge is 0.497 e. The first-order valence-corrected chi connectivity index (χ1v) is 17.6. The van der Waals surface area contributed by atoms with Crippen LogP contribution in [0, 0.1) is 5.92 Å². The average Bonchev–Trinajstić information content (AvgIpc) is 3.09. The summed E-state index contributed by atoms with van der Waals surface area (Å²) in [6.07, 6.45) is 4.75. The molecule has 0 aliphatic carbocycles. The quantitative estimate of drug-likeness (QED) is 0.334. The number of carbonyl (C=O) groups is 2. The maximum absolute atomic E-state index is 14.4. The third-order valence-corrected chi connectivity index (χ3v) is 9.80. The van der Waals surface area contributed by atoms with E-state index in [0.29, 0.717) is 30.1 Å². The number of aliphatic hydroxyl groups excluding tert-OH is 1. The van der Waals surface area contributed by atoms with Crippen LogP contribution in [0.25, 0.3) is 0 Å². The van der Waals surface area contributed by atoms with Gasteiger partial charge in [-0.25, -0.2) is 8.42 Å². The van der Waals surface area contributed by atoms with E-state index in [4.69, 9.17) is 14.2 Å². The molecule has 0 fully saturated rings. The number of anilines is 1. The predicted octanol–water partition coefficient (Wildman–Crippen LogP) is 4.46. The number of likely N-dealkylation sites (N-methyl/N-ethyl adjacent to an activating group) is 1. The zero-order valence-corrected chi connectivity index (χ0v) is 29.0. The summed E-state index contributed by atoms with van der Waals surface area (Å²) in [5, 5.41) is 10.2. The van der Waals surface area contributed by atoms with E-state index < -0.39 is 28.1 Å². The number of carbonyl (C=O) groups excluding carboxylic acids is 2. The van der Waals surface area contributed by atoms with Crippen molar-refractivity contribution in [1.82, 2.24) is 14.8 Å². The third kappa shape index (κ3) is 9.45. The Labute approximate surface area is 283 Å². The molecule has 0 saturated carbocycles. The Hall–Kier alpha value is -4.20. The standard InChI is InChI=1S/C35H46N4O8S/c1-24-21-39(25(2)23-40)35(42)31-20-28(37-48(43,44)30-12-10-29(45-5)11-13-30)9-14-32(31)47-26(3)8-6-7-19-46-33(24)22-38(4)34(41)27-15-17-36-18-16-27/h9-18,20,24-26,33,37,40H,6-8,19,21-23H2,1-5H3/t24-,25-,26-,33+/m0/s1. The van der Waals surface area contributed by atoms with Crippen molar-refractivity contribution in [3.63, 3.8) is 0 Å². The van der Waals surface area contributed by atoms with Gasteiger partial charge in [0, 0.05) is 56.3 Å². The third-order valence-electron chi connectivity index (χ3n) is 8.40. The van der Waals surface area contributed by atoms with Crippen LogP contribution in [0.4, 0.5) is 5.69 Å². The summed E-state index contributed by atoms with van der Waals surface area (Å²) in [5.41, 5.74) is 0.844. The van der Waals surface area contributed by atoms with Gasteiger partial charge in [-0.2, -0.15) is 0 Å². The van der Waals surface area contributed by atoms with Crippen molar-refractivity contribution in [3.05, 3.63) is 78.1 Å². The van der Waals surface area contributed by atoms with Gasteiger partial charge in [-0.3, -0.25) is 19.3 Å². The number of aliphatic hydroxyl groups is 1. The Morgan fingerprint density at radius 1 is 1.12 bits per heavy atom. The molecule has 4 rings (SSSR count). The number of benzene rings is 2. The number of rotatable bonds is 9. The maximum atomic E-state index is 14.4. The van der Waals surface area contributed by atoms with Crippen LogP contribution in [-0.4, -0.2) is 98.8 Å². The van der Waals surface area contributed by atoms with Crippen LogP contribution >= 0.6 is 0 Å². The number of ether oxygens (including phenoxy) is 3. The highest BCUT2D eigenvalue weighted by molar-refractivity contribution is 7.92. The monoisotopic (exact) mass is 682 g/mol. The Balaban J connectivity index is 1.65. The topological polar surface area (TPSA) is 148 Å². The fourth-order valence-corrected chi connectivity index (χ4v) is 6.53. The molecule has 0 unspecified atom stereocenters. The number of nitrogens with zero attached hydrogens (tertiary/aromatic N) is 3. The number of sulfonamides is 1. The highest BCUT2D eigenvalue weighted by Crippen LogP contribution is 2.30. The Morgan fingerprint density at radius 3 is 2.50 bits per heavy atom. The van der Waals surface area contributed by atoms with E-state index in [-0.39, 0.29) is 53.8 Å². The van der Waals surface area contributed by atoms with Gasteiger partial charge in [0.25, 0.3) is 21.8 Å². The smallest absolute Gasteiger partial charge is 0.261 e. The number of hydrogen-bond donors (Lipinski definition) is 2. The number of fused-ring (bicyclic) bond motifs is 1. The first kappa shape index (κ1) is 36.6. The van der Waals surface area contributed by atoms with E-state index in [0.717, 1.165) is 12.8 Å². The van der Waals surface area contributed by atoms with Crippen molar-refractivity contribution < 1.29 is 37.3 Å². The molecule has 0 spiro atoms. The molecule has 260 valence electrons. The van der Waals surface area contributed by atoms with E-state index in [1.165, 1.54) is 25.3 Å². The van der Waals surface area contributed by atoms with Crippen LogP contribution in [0.5, 0.6) is 11.5 Å². The summed E-state index contributed by atoms with van der Waals surface area (Å²) in [4.78, 5) is 34.7. The molecule has 2 heterocycles. The summed E-state index contributed by atoms with van der Waals surface area (Å²) >= 11 is 0. The van der Waals surface area contributed by atoms with Gasteiger partial charge in [0.05, 0.1) is 42.4 Å². The molecule has 48 heavy (non-hydrogen) atoms. The molecule has 4 atom stereocenters. The molecule has 1 aliphatic heterocycles. The van der Waals surface area contributed by atoms with E-state index >= 15 is 0 Å². The van der Waals surface area contributed by atoms with Crippen molar-refractivity contribution in [2.24, 2.45) is 5.92 Å². The molecule has 12 nitrogen and oxygen atoms in total. The predicted molar refractivity (Wildman–Crippen MR) is 182 cm³/mol. The minimum absolute atomic E-state index is 0.0300. The molecule has 2 amide bonds. The highest BCUT2D eigenvalue weighted by atomic mass is 32.2. The lowest BCUT2D eigenvalue weighted by atomic mass is 10.0. The fourth-order valence-electron chi connectivity index (χ4n) is 5.49. The van der Waals surface area contributed by atoms with E-state index in [2.05, 4.69) is 9.71 Å². The van der Waals surface area contributed by atoms with E-state index in [1.54, 1.807) is 72.6 Å². The summed E-state index contributed by atoms with van der Waals surface area (Å²) in [6, 6.07) is 13.3. The van der Waals surface area contributed by atoms with Crippen molar-refractivity contribution in [2.75, 3.05) is 45.2 Å². The Morgan fingerprint density at radius 2 is 1.83 bits per heavy atom. The van der Waals surface area contributed by atoms with Crippen molar-refractivity contribution in [3.8, 4) is 11.5 Å². The minimum Gasteiger partial charge on any atom is -0.497 e. The van der Waals surface area contributed by atoms with Gasteiger partial charge in [-0.1, -0.05) is 6.92 Å². The van der Waals surface area contributed by atoms with Gasteiger partial charge < -0.3 is 29.1 Å². The van der Waals surface area contributed by atoms with Crippen LogP contribution < -0.4 is 14.2 Å². The van der Waals surface area contributed by atoms with Crippen LogP contribution in [0.15, 0.2) is 71.9 Å². The number of amides is 2. The Kier molecular flexibility index (Phi) is 12.8. The molecule has 2 N–H and O–H groups in total. The molecule has 0 radical (unpaired) electrons. The lowest BCUT2D eigenvalue weighted by molar-refractivity contribution is -0.0149. The van der Waals surface area contributed by atoms with Gasteiger partial charge in [-0.15, -0.1) is 0 Å². The lowest BCUT2D eigenvalue weighted by Crippen LogP contribution is -2.48. The van der Waals surface area contributed by atoms with Crippen LogP contribution in [0.3, 0.4) is 0 Å². The summed E-state index contributed by atoms with van der Waals surface area (Å²) < 4.78 is 46.8. The maximum Gasteiger partial charge on any atom is 0.261 e. The second-order valence-electron chi connectivity index (χ2n) is 12.2. The minimum atomic E-state index is -3.99. The van der Waals surface area contributed by atoms with Gasteiger partial charge in [-0.05, 0) is 87.7 Å². The number of aromatic nitrogens is 1. The molecule has 0 bridgehead atoms. The molecule has 0 saturated heterocycles. The number of pyridine rings is 1. The zero-order chi connectivity index (χ0) is 34.8. The number of methoxy groups -OCH3 is 1. The molecule has 13 heteroatoms. The van der Waals surface area contributed by atoms with Crippen molar-refractivity contribution in [1.29, 1.82) is 0 Å². The average molecular weight is 683 g/mol. The molecule has 1 aromatic heterocycles. The number of nitrogens with one attached hydrogen (secondary N) is 1. The summed E-state index contributed by atoms with van der Waals surface area (Å²) in [6.45, 7) is 6.24. The first-order valence-electron chi connectivity index (χ1n) is 16.1.